The van der Waals surface area contributed by atoms with Crippen LogP contribution in [0.15, 0.2) is 24.3 Å². The van der Waals surface area contributed by atoms with Crippen LogP contribution in [0.5, 0.6) is 0 Å². The largest absolute Gasteiger partial charge is 0.353 e. The fraction of sp³-hybridized carbons (Fsp3) is 0.529. The molecule has 0 aromatic heterocycles. The Kier molecular flexibility index (Phi) is 8.02. The monoisotopic (exact) mass is 322 g/mol. The molecular weight excluding hydrogens is 296 g/mol. The Labute approximate surface area is 137 Å². The van der Waals surface area contributed by atoms with E-state index in [0.29, 0.717) is 6.54 Å². The zero-order valence-electron chi connectivity index (χ0n) is 13.8. The van der Waals surface area contributed by atoms with Gasteiger partial charge in [0.05, 0.1) is 0 Å². The van der Waals surface area contributed by atoms with Gasteiger partial charge in [0.25, 0.3) is 0 Å². The smallest absolute Gasteiger partial charge is 0.242 e. The van der Waals surface area contributed by atoms with E-state index in [1.165, 1.54) is 18.1 Å². The number of carbonyl (C=O) groups excluding carboxylic acids is 2. The molecule has 0 aliphatic rings. The lowest BCUT2D eigenvalue weighted by atomic mass is 10.0. The molecule has 0 aliphatic carbocycles. The van der Waals surface area contributed by atoms with Gasteiger partial charge in [0, 0.05) is 25.0 Å². The third kappa shape index (κ3) is 6.98. The molecule has 0 fully saturated rings. The van der Waals surface area contributed by atoms with E-state index < -0.39 is 6.04 Å². The molecule has 2 amide bonds. The lowest BCUT2D eigenvalue weighted by molar-refractivity contribution is -0.129. The van der Waals surface area contributed by atoms with Crippen molar-refractivity contribution in [3.05, 3.63) is 35.4 Å². The number of hydrogen-bond acceptors (Lipinski definition) is 3. The van der Waals surface area contributed by atoms with Crippen molar-refractivity contribution < 1.29 is 9.59 Å². The van der Waals surface area contributed by atoms with Crippen molar-refractivity contribution in [1.82, 2.24) is 10.6 Å². The highest BCUT2D eigenvalue weighted by molar-refractivity contribution is 7.98. The maximum absolute atomic E-state index is 12.1. The molecule has 0 saturated carbocycles. The molecule has 0 saturated heterocycles. The second-order valence-electron chi connectivity index (χ2n) is 5.75. The van der Waals surface area contributed by atoms with Gasteiger partial charge in [-0.15, -0.1) is 0 Å². The molecule has 22 heavy (non-hydrogen) atoms. The van der Waals surface area contributed by atoms with Gasteiger partial charge in [0.1, 0.15) is 6.04 Å². The Morgan fingerprint density at radius 1 is 1.18 bits per heavy atom. The summed E-state index contributed by atoms with van der Waals surface area (Å²) >= 11 is 1.79. The van der Waals surface area contributed by atoms with Crippen molar-refractivity contribution in [2.45, 2.75) is 39.5 Å². The van der Waals surface area contributed by atoms with Crippen LogP contribution in [0.3, 0.4) is 0 Å². The van der Waals surface area contributed by atoms with E-state index in [0.717, 1.165) is 11.5 Å². The lowest BCUT2D eigenvalue weighted by Crippen LogP contribution is -2.49. The number of nitrogens with one attached hydrogen (secondary N) is 2. The topological polar surface area (TPSA) is 58.2 Å². The highest BCUT2D eigenvalue weighted by atomic mass is 32.2. The van der Waals surface area contributed by atoms with Gasteiger partial charge in [-0.1, -0.05) is 43.7 Å². The van der Waals surface area contributed by atoms with Gasteiger partial charge in [0.2, 0.25) is 11.8 Å². The van der Waals surface area contributed by atoms with Gasteiger partial charge in [-0.05, 0) is 18.4 Å². The SMILES string of the molecule is CC(=O)N[C@H](C(=O)NCCSCc1ccc(C)cc1)C(C)C. The average molecular weight is 322 g/mol. The van der Waals surface area contributed by atoms with Crippen molar-refractivity contribution in [3.8, 4) is 0 Å². The van der Waals surface area contributed by atoms with E-state index in [1.54, 1.807) is 11.8 Å². The third-order valence-corrected chi connectivity index (χ3v) is 4.27. The summed E-state index contributed by atoms with van der Waals surface area (Å²) in [6.07, 6.45) is 0. The maximum Gasteiger partial charge on any atom is 0.242 e. The zero-order chi connectivity index (χ0) is 16.5. The van der Waals surface area contributed by atoms with Crippen molar-refractivity contribution in [2.75, 3.05) is 12.3 Å². The molecule has 5 heteroatoms. The number of carbonyl (C=O) groups is 2. The summed E-state index contributed by atoms with van der Waals surface area (Å²) in [4.78, 5) is 23.2. The molecule has 1 aromatic rings. The number of hydrogen-bond donors (Lipinski definition) is 2. The van der Waals surface area contributed by atoms with Crippen molar-refractivity contribution in [2.24, 2.45) is 5.92 Å². The first-order valence-electron chi connectivity index (χ1n) is 7.58. The molecule has 1 atom stereocenters. The van der Waals surface area contributed by atoms with Crippen LogP contribution in [0.25, 0.3) is 0 Å². The average Bonchev–Trinajstić information content (AvgIpc) is 2.45. The number of amides is 2. The summed E-state index contributed by atoms with van der Waals surface area (Å²) in [5.74, 6) is 1.58. The van der Waals surface area contributed by atoms with Crippen LogP contribution in [0.4, 0.5) is 0 Å². The second kappa shape index (κ2) is 9.51. The fourth-order valence-corrected chi connectivity index (χ4v) is 2.80. The Bertz CT molecular complexity index is 486. The summed E-state index contributed by atoms with van der Waals surface area (Å²) in [5, 5.41) is 5.58. The molecule has 0 unspecified atom stereocenters. The van der Waals surface area contributed by atoms with E-state index in [4.69, 9.17) is 0 Å². The summed E-state index contributed by atoms with van der Waals surface area (Å²) < 4.78 is 0. The number of rotatable bonds is 8. The van der Waals surface area contributed by atoms with Crippen LogP contribution in [0.2, 0.25) is 0 Å². The minimum absolute atomic E-state index is 0.0733. The molecule has 0 heterocycles. The molecule has 2 N–H and O–H groups in total. The maximum atomic E-state index is 12.1. The predicted octanol–water partition coefficient (Wildman–Crippen LogP) is 2.51. The number of thioether (sulfide) groups is 1. The Hall–Kier alpha value is -1.49. The van der Waals surface area contributed by atoms with Crippen LogP contribution < -0.4 is 10.6 Å². The quantitative estimate of drug-likeness (QED) is 0.723. The Morgan fingerprint density at radius 2 is 1.82 bits per heavy atom. The van der Waals surface area contributed by atoms with Gasteiger partial charge in [-0.3, -0.25) is 9.59 Å². The van der Waals surface area contributed by atoms with E-state index in [9.17, 15) is 9.59 Å². The molecular formula is C17H26N2O2S. The minimum atomic E-state index is -0.459. The Morgan fingerprint density at radius 3 is 2.36 bits per heavy atom. The van der Waals surface area contributed by atoms with Crippen molar-refractivity contribution in [3.63, 3.8) is 0 Å². The molecule has 1 aromatic carbocycles. The van der Waals surface area contributed by atoms with Crippen molar-refractivity contribution >= 4 is 23.6 Å². The first-order chi connectivity index (χ1) is 10.4. The number of aryl methyl sites for hydroxylation is 1. The van der Waals surface area contributed by atoms with Crippen LogP contribution in [-0.2, 0) is 15.3 Å². The molecule has 1 rings (SSSR count). The molecule has 0 aliphatic heterocycles. The van der Waals surface area contributed by atoms with Gasteiger partial charge < -0.3 is 10.6 Å². The summed E-state index contributed by atoms with van der Waals surface area (Å²) in [6.45, 7) is 7.96. The van der Waals surface area contributed by atoms with E-state index in [2.05, 4.69) is 41.8 Å². The highest BCUT2D eigenvalue weighted by Gasteiger charge is 2.22. The third-order valence-electron chi connectivity index (χ3n) is 3.24. The molecule has 0 spiro atoms. The zero-order valence-corrected chi connectivity index (χ0v) is 14.6. The van der Waals surface area contributed by atoms with Crippen LogP contribution in [0.1, 0.15) is 31.9 Å². The standard InChI is InChI=1S/C17H26N2O2S/c1-12(2)16(19-14(4)20)17(21)18-9-10-22-11-15-7-5-13(3)6-8-15/h5-8,12,16H,9-11H2,1-4H3,(H,18,21)(H,19,20)/t16-/m0/s1. The van der Waals surface area contributed by atoms with E-state index in [1.807, 2.05) is 13.8 Å². The molecule has 0 radical (unpaired) electrons. The van der Waals surface area contributed by atoms with Crippen LogP contribution >= 0.6 is 11.8 Å². The summed E-state index contributed by atoms with van der Waals surface area (Å²) in [5.41, 5.74) is 2.55. The van der Waals surface area contributed by atoms with E-state index in [-0.39, 0.29) is 17.7 Å². The summed E-state index contributed by atoms with van der Waals surface area (Å²) in [6, 6.07) is 8.02. The number of benzene rings is 1. The molecule has 4 nitrogen and oxygen atoms in total. The van der Waals surface area contributed by atoms with Crippen molar-refractivity contribution in [1.29, 1.82) is 0 Å². The minimum Gasteiger partial charge on any atom is -0.353 e. The van der Waals surface area contributed by atoms with Gasteiger partial charge >= 0.3 is 0 Å². The van der Waals surface area contributed by atoms with Gasteiger partial charge in [-0.2, -0.15) is 11.8 Å². The highest BCUT2D eigenvalue weighted by Crippen LogP contribution is 2.12. The first kappa shape index (κ1) is 18.6. The van der Waals surface area contributed by atoms with Crippen LogP contribution in [0, 0.1) is 12.8 Å². The lowest BCUT2D eigenvalue weighted by Gasteiger charge is -2.20. The second-order valence-corrected chi connectivity index (χ2v) is 6.86. The summed E-state index contributed by atoms with van der Waals surface area (Å²) in [7, 11) is 0. The fourth-order valence-electron chi connectivity index (χ4n) is 1.98. The predicted molar refractivity (Wildman–Crippen MR) is 92.8 cm³/mol. The van der Waals surface area contributed by atoms with Gasteiger partial charge in [-0.25, -0.2) is 0 Å². The molecule has 0 bridgehead atoms. The normalized spacial score (nSPS) is 12.0. The Balaban J connectivity index is 2.26. The van der Waals surface area contributed by atoms with Gasteiger partial charge in [0.15, 0.2) is 0 Å². The first-order valence-corrected chi connectivity index (χ1v) is 8.73. The molecule has 122 valence electrons. The van der Waals surface area contributed by atoms with E-state index >= 15 is 0 Å². The van der Waals surface area contributed by atoms with Crippen LogP contribution in [-0.4, -0.2) is 30.2 Å².